The van der Waals surface area contributed by atoms with Gasteiger partial charge in [-0.15, -0.1) is 24.3 Å². The van der Waals surface area contributed by atoms with E-state index in [4.69, 9.17) is 19.9 Å². The normalized spacial score (nSPS) is 11.8. The van der Waals surface area contributed by atoms with Crippen molar-refractivity contribution in [2.75, 3.05) is 0 Å². The third-order valence-electron chi connectivity index (χ3n) is 9.90. The molecule has 61 heavy (non-hydrogen) atoms. The molecule has 0 aliphatic carbocycles. The van der Waals surface area contributed by atoms with Crippen molar-refractivity contribution in [3.63, 3.8) is 0 Å². The molecule has 0 aliphatic rings. The Morgan fingerprint density at radius 3 is 1.08 bits per heavy atom. The second kappa shape index (κ2) is 17.5. The van der Waals surface area contributed by atoms with Gasteiger partial charge >= 0.3 is 42.1 Å². The van der Waals surface area contributed by atoms with Crippen molar-refractivity contribution >= 4 is 0 Å². The molecule has 6 aromatic heterocycles. The van der Waals surface area contributed by atoms with E-state index in [1.54, 1.807) is 48.5 Å². The maximum Gasteiger partial charge on any atom is 2.00 e. The summed E-state index contributed by atoms with van der Waals surface area (Å²) in [6.07, 6.45) is 0. The van der Waals surface area contributed by atoms with Gasteiger partial charge in [0.2, 0.25) is 0 Å². The summed E-state index contributed by atoms with van der Waals surface area (Å²) in [6, 6.07) is 33.6. The number of hydrogen-bond donors (Lipinski definition) is 0. The van der Waals surface area contributed by atoms with Gasteiger partial charge in [-0.05, 0) is 47.8 Å². The second-order valence-corrected chi connectivity index (χ2v) is 16.2. The van der Waals surface area contributed by atoms with Crippen molar-refractivity contribution in [2.45, 2.75) is 57.8 Å². The maximum atomic E-state index is 15.5. The average Bonchev–Trinajstić information content (AvgIpc) is 3.91. The van der Waals surface area contributed by atoms with Crippen LogP contribution in [0.3, 0.4) is 0 Å². The van der Waals surface area contributed by atoms with Crippen molar-refractivity contribution in [1.82, 2.24) is 40.3 Å². The molecule has 0 unspecified atom stereocenters. The Morgan fingerprint density at radius 2 is 0.770 bits per heavy atom. The van der Waals surface area contributed by atoms with Crippen LogP contribution in [0.15, 0.2) is 109 Å². The monoisotopic (exact) mass is 1180 g/mol. The Labute approximate surface area is 379 Å². The molecule has 0 radical (unpaired) electrons. The third-order valence-corrected chi connectivity index (χ3v) is 9.90. The van der Waals surface area contributed by atoms with E-state index in [2.05, 4.69) is 32.5 Å². The molecular weight excluding hydrogens is 1140 g/mol. The summed E-state index contributed by atoms with van der Waals surface area (Å²) in [7, 11) is 0. The molecule has 0 fully saturated rings. The fourth-order valence-electron chi connectivity index (χ4n) is 6.78. The fourth-order valence-corrected chi connectivity index (χ4v) is 6.78. The van der Waals surface area contributed by atoms with Crippen LogP contribution in [0.5, 0.6) is 0 Å². The number of aromatic nitrogens is 8. The molecule has 0 aliphatic heterocycles. The first-order valence-electron chi connectivity index (χ1n) is 18.8. The molecule has 0 atom stereocenters. The summed E-state index contributed by atoms with van der Waals surface area (Å²) in [5, 5.41) is 17.9. The molecule has 8 rings (SSSR count). The van der Waals surface area contributed by atoms with Crippen LogP contribution < -0.4 is 10.2 Å². The number of nitrogens with zero attached hydrogens (tertiary/aromatic N) is 8. The number of rotatable bonds is 8. The predicted molar refractivity (Wildman–Crippen MR) is 215 cm³/mol. The molecule has 8 nitrogen and oxygen atoms in total. The predicted octanol–water partition coefficient (Wildman–Crippen LogP) is 9.77. The van der Waals surface area contributed by atoms with Crippen molar-refractivity contribution in [1.29, 1.82) is 0 Å². The summed E-state index contributed by atoms with van der Waals surface area (Å²) < 4.78 is 59.2. The molecule has 6 heterocycles. The molecule has 0 N–H and O–H groups in total. The number of pyridine rings is 4. The topological polar surface area (TPSA) is 106 Å². The molecule has 8 aromatic rings. The fraction of sp³-hybridized carbons (Fsp3) is 0.191. The summed E-state index contributed by atoms with van der Waals surface area (Å²) in [4.78, 5) is 20.5. The van der Waals surface area contributed by atoms with Gasteiger partial charge in [0, 0.05) is 56.9 Å². The molecule has 312 valence electrons. The van der Waals surface area contributed by atoms with Gasteiger partial charge in [0.1, 0.15) is 5.41 Å². The first-order chi connectivity index (χ1) is 28.1. The molecule has 0 amide bonds. The first kappa shape index (κ1) is 45.1. The largest absolute Gasteiger partial charge is 2.00 e. The van der Waals surface area contributed by atoms with E-state index >= 15 is 8.78 Å². The minimum Gasteiger partial charge on any atom is -0.573 e. The van der Waals surface area contributed by atoms with E-state index in [1.165, 1.54) is 0 Å². The van der Waals surface area contributed by atoms with Crippen LogP contribution in [0.25, 0.3) is 45.3 Å². The third kappa shape index (κ3) is 8.84. The van der Waals surface area contributed by atoms with Gasteiger partial charge in [-0.3, -0.25) is 37.5 Å². The van der Waals surface area contributed by atoms with Gasteiger partial charge in [0.05, 0.1) is 22.8 Å². The Balaban J connectivity index is 0.00000311. The SMILES string of the molecule is CC(C)(C)c1cc(-c2cccc(C(c3cccc(-c4cc(C(C)(C)C)n[n-]4)n3)(c3cccc(-c4[c-]cc(F)cc4F)n3)c3cccc(-c4[c-]cc(F)cc4F)n3)n2)[n-]n1.[Pt+2].[Pt+2]. The van der Waals surface area contributed by atoms with Gasteiger partial charge in [0.25, 0.3) is 0 Å². The number of halogens is 4. The zero-order valence-electron chi connectivity index (χ0n) is 33.6. The maximum absolute atomic E-state index is 15.5. The van der Waals surface area contributed by atoms with E-state index in [9.17, 15) is 8.78 Å². The van der Waals surface area contributed by atoms with Gasteiger partial charge in [-0.25, -0.2) is 0 Å². The van der Waals surface area contributed by atoms with Crippen molar-refractivity contribution in [3.05, 3.63) is 179 Å². The van der Waals surface area contributed by atoms with Gasteiger partial charge in [-0.2, -0.15) is 0 Å². The Morgan fingerprint density at radius 1 is 0.443 bits per heavy atom. The molecular formula is C47H36F4N8Pt2. The van der Waals surface area contributed by atoms with E-state index in [0.717, 1.165) is 35.7 Å². The Hall–Kier alpha value is -5.44. The van der Waals surface area contributed by atoms with Gasteiger partial charge < -0.3 is 20.4 Å². The van der Waals surface area contributed by atoms with Crippen LogP contribution in [-0.2, 0) is 58.4 Å². The van der Waals surface area contributed by atoms with Crippen LogP contribution in [-0.4, -0.2) is 30.1 Å². The minimum atomic E-state index is -1.65. The van der Waals surface area contributed by atoms with Crippen LogP contribution in [0.2, 0.25) is 0 Å². The number of hydrogen-bond acceptors (Lipinski definition) is 6. The molecule has 2 aromatic carbocycles. The van der Waals surface area contributed by atoms with Crippen molar-refractivity contribution in [2.24, 2.45) is 0 Å². The standard InChI is InChI=1S/C47H36F4N8.2Pt/c1-45(2,3)43-25-37(56-58-43)35-13-9-17-41(54-35)47(39-15-7-11-33(52-39)29-21-19-27(48)23-31(29)50,40-16-8-12-34(53-40)30-22-20-28(49)24-32(30)51)42-18-10-14-36(55-42)38-26-44(59-57-38)46(4,5)6;;/h7-20,23-26H,1-6H3;;/q-4;2*+2. The summed E-state index contributed by atoms with van der Waals surface area (Å²) >= 11 is 0. The Bertz CT molecular complexity index is 2650. The molecule has 0 saturated carbocycles. The Kier molecular flexibility index (Phi) is 12.9. The van der Waals surface area contributed by atoms with Crippen molar-refractivity contribution < 1.29 is 59.7 Å². The minimum absolute atomic E-state index is 0. The van der Waals surface area contributed by atoms with Gasteiger partial charge in [-0.1, -0.05) is 125 Å². The number of benzene rings is 2. The first-order valence-corrected chi connectivity index (χ1v) is 18.8. The smallest absolute Gasteiger partial charge is 0.573 e. The second-order valence-electron chi connectivity index (χ2n) is 16.2. The van der Waals surface area contributed by atoms with Crippen LogP contribution in [0.1, 0.15) is 75.7 Å². The van der Waals surface area contributed by atoms with E-state index in [1.807, 2.05) is 77.9 Å². The van der Waals surface area contributed by atoms with E-state index < -0.39 is 28.7 Å². The van der Waals surface area contributed by atoms with E-state index in [-0.39, 0.29) is 86.9 Å². The molecule has 0 bridgehead atoms. The quantitative estimate of drug-likeness (QED) is 0.110. The van der Waals surface area contributed by atoms with Gasteiger partial charge in [0.15, 0.2) is 0 Å². The van der Waals surface area contributed by atoms with Crippen LogP contribution in [0, 0.1) is 35.4 Å². The molecule has 0 saturated heterocycles. The summed E-state index contributed by atoms with van der Waals surface area (Å²) in [6.45, 7) is 12.2. The van der Waals surface area contributed by atoms with Crippen molar-refractivity contribution in [3.8, 4) is 45.3 Å². The van der Waals surface area contributed by atoms with E-state index in [0.29, 0.717) is 34.2 Å². The summed E-state index contributed by atoms with van der Waals surface area (Å²) in [5.74, 6) is -3.31. The molecule has 14 heteroatoms. The molecule has 0 spiro atoms. The van der Waals surface area contributed by atoms with Crippen LogP contribution in [0.4, 0.5) is 17.6 Å². The average molecular weight is 1180 g/mol. The zero-order chi connectivity index (χ0) is 41.7. The summed E-state index contributed by atoms with van der Waals surface area (Å²) in [5.41, 5.74) is 2.73. The van der Waals surface area contributed by atoms with Crippen LogP contribution >= 0.6 is 0 Å². The zero-order valence-corrected chi connectivity index (χ0v) is 38.2.